The zero-order valence-electron chi connectivity index (χ0n) is 19.3. The number of carboxylic acid groups (broad SMARTS) is 1. The fourth-order valence-electron chi connectivity index (χ4n) is 3.71. The number of sulfonamides is 1. The molecule has 2 heterocycles. The van der Waals surface area contributed by atoms with Crippen LogP contribution in [-0.2, 0) is 27.8 Å². The van der Waals surface area contributed by atoms with Crippen LogP contribution in [0.5, 0.6) is 0 Å². The topological polar surface area (TPSA) is 144 Å². The Bertz CT molecular complexity index is 1580. The van der Waals surface area contributed by atoms with Crippen molar-refractivity contribution in [2.75, 3.05) is 6.26 Å². The largest absolute Gasteiger partial charge is 0.481 e. The highest BCUT2D eigenvalue weighted by Gasteiger charge is 2.16. The molecular weight excluding hydrogens is 491 g/mol. The van der Waals surface area contributed by atoms with E-state index in [2.05, 4.69) is 14.9 Å². The highest BCUT2D eigenvalue weighted by molar-refractivity contribution is 7.88. The Labute approximate surface area is 205 Å². The van der Waals surface area contributed by atoms with Gasteiger partial charge >= 0.3 is 5.97 Å². The van der Waals surface area contributed by atoms with Gasteiger partial charge in [-0.25, -0.2) is 22.5 Å². The average Bonchev–Trinajstić information content (AvgIpc) is 3.30. The molecule has 0 saturated carbocycles. The number of carboxylic acids is 1. The van der Waals surface area contributed by atoms with Crippen molar-refractivity contribution in [1.29, 1.82) is 0 Å². The number of nitrogens with one attached hydrogen (secondary N) is 1. The van der Waals surface area contributed by atoms with Gasteiger partial charge in [0.05, 0.1) is 29.4 Å². The first kappa shape index (κ1) is 25.2. The van der Waals surface area contributed by atoms with Gasteiger partial charge < -0.3 is 9.63 Å². The number of halogens is 1. The summed E-state index contributed by atoms with van der Waals surface area (Å²) in [4.78, 5) is 29.0. The first-order valence-electron chi connectivity index (χ1n) is 11.0. The van der Waals surface area contributed by atoms with Gasteiger partial charge in [-0.3, -0.25) is 14.2 Å². The van der Waals surface area contributed by atoms with Crippen LogP contribution in [0.25, 0.3) is 27.8 Å². The highest BCUT2D eigenvalue weighted by Crippen LogP contribution is 2.24. The quantitative estimate of drug-likeness (QED) is 0.307. The van der Waals surface area contributed by atoms with E-state index in [9.17, 15) is 22.4 Å². The van der Waals surface area contributed by atoms with E-state index in [0.717, 1.165) is 6.26 Å². The predicted octanol–water partition coefficient (Wildman–Crippen LogP) is 3.03. The molecule has 4 rings (SSSR count). The molecule has 0 fully saturated rings. The fourth-order valence-corrected chi connectivity index (χ4v) is 4.11. The van der Waals surface area contributed by atoms with Crippen LogP contribution in [0.3, 0.4) is 0 Å². The van der Waals surface area contributed by atoms with Crippen LogP contribution in [0.15, 0.2) is 57.8 Å². The lowest BCUT2D eigenvalue weighted by Gasteiger charge is -2.14. The van der Waals surface area contributed by atoms with Crippen LogP contribution in [0.2, 0.25) is 0 Å². The maximum Gasteiger partial charge on any atom is 0.303 e. The third kappa shape index (κ3) is 6.01. The Balaban J connectivity index is 1.73. The third-order valence-electron chi connectivity index (χ3n) is 5.43. The van der Waals surface area contributed by atoms with Crippen LogP contribution in [-0.4, -0.2) is 40.5 Å². The summed E-state index contributed by atoms with van der Waals surface area (Å²) in [5.41, 5.74) is 1.56. The van der Waals surface area contributed by atoms with Crippen molar-refractivity contribution in [3.63, 3.8) is 0 Å². The van der Waals surface area contributed by atoms with E-state index in [0.29, 0.717) is 58.7 Å². The first-order valence-corrected chi connectivity index (χ1v) is 12.9. The average molecular weight is 515 g/mol. The number of aryl methyl sites for hydroxylation is 1. The molecular formula is C24H23FN4O6S. The smallest absolute Gasteiger partial charge is 0.303 e. The Morgan fingerprint density at radius 1 is 1.14 bits per heavy atom. The number of nitrogens with zero attached hydrogens (tertiary/aromatic N) is 3. The number of aromatic nitrogens is 3. The molecule has 0 saturated heterocycles. The van der Waals surface area contributed by atoms with Crippen LogP contribution in [0, 0.1) is 5.82 Å². The second-order valence-electron chi connectivity index (χ2n) is 8.25. The normalized spacial score (nSPS) is 11.7. The summed E-state index contributed by atoms with van der Waals surface area (Å²) in [6.07, 6.45) is 2.28. The monoisotopic (exact) mass is 514 g/mol. The predicted molar refractivity (Wildman–Crippen MR) is 130 cm³/mol. The number of carbonyl (C=O) groups is 1. The van der Waals surface area contributed by atoms with Gasteiger partial charge in [0.2, 0.25) is 10.0 Å². The van der Waals surface area contributed by atoms with Crippen molar-refractivity contribution in [2.24, 2.45) is 0 Å². The van der Waals surface area contributed by atoms with Gasteiger partial charge in [-0.1, -0.05) is 11.2 Å². The maximum absolute atomic E-state index is 13.5. The lowest BCUT2D eigenvalue weighted by molar-refractivity contribution is -0.137. The second-order valence-corrected chi connectivity index (χ2v) is 10.1. The second kappa shape index (κ2) is 10.4. The highest BCUT2D eigenvalue weighted by atomic mass is 32.2. The summed E-state index contributed by atoms with van der Waals surface area (Å²) in [6.45, 7) is -0.0550. The van der Waals surface area contributed by atoms with E-state index in [1.165, 1.54) is 28.8 Å². The summed E-state index contributed by atoms with van der Waals surface area (Å²) in [5.74, 6) is -0.609. The number of unbranched alkanes of at least 4 members (excludes halogenated alkanes) is 1. The number of fused-ring (bicyclic) bond motifs is 1. The van der Waals surface area contributed by atoms with Gasteiger partial charge in [0.25, 0.3) is 5.56 Å². The van der Waals surface area contributed by atoms with E-state index < -0.39 is 21.8 Å². The zero-order valence-corrected chi connectivity index (χ0v) is 20.1. The minimum absolute atomic E-state index is 0.00118. The number of hydrogen-bond donors (Lipinski definition) is 2. The minimum Gasteiger partial charge on any atom is -0.481 e. The lowest BCUT2D eigenvalue weighted by atomic mass is 10.1. The molecule has 4 aromatic rings. The molecule has 0 aliphatic heterocycles. The molecule has 0 aliphatic carbocycles. The standard InChI is InChI=1S/C24H23FN4O6S/c1-36(33,34)26-14-18-13-20(28-35-18)15-6-11-19-21(12-15)27-22(4-2-3-5-23(30)31)29(24(19)32)17-9-7-16(25)8-10-17/h6-13,26H,2-5,14H2,1H3,(H,30,31). The summed E-state index contributed by atoms with van der Waals surface area (Å²) < 4.78 is 45.0. The van der Waals surface area contributed by atoms with Gasteiger partial charge in [0.15, 0.2) is 5.76 Å². The van der Waals surface area contributed by atoms with Gasteiger partial charge in [-0.05, 0) is 49.2 Å². The number of aliphatic carboxylic acids is 1. The maximum atomic E-state index is 13.5. The minimum atomic E-state index is -3.40. The molecule has 188 valence electrons. The van der Waals surface area contributed by atoms with Crippen molar-refractivity contribution < 1.29 is 27.2 Å². The molecule has 0 bridgehead atoms. The van der Waals surface area contributed by atoms with E-state index in [1.54, 1.807) is 24.3 Å². The molecule has 36 heavy (non-hydrogen) atoms. The van der Waals surface area contributed by atoms with Crippen molar-refractivity contribution in [3.8, 4) is 16.9 Å². The van der Waals surface area contributed by atoms with Gasteiger partial charge in [0.1, 0.15) is 17.3 Å². The van der Waals surface area contributed by atoms with E-state index >= 15 is 0 Å². The lowest BCUT2D eigenvalue weighted by Crippen LogP contribution is -2.24. The van der Waals surface area contributed by atoms with Crippen molar-refractivity contribution in [1.82, 2.24) is 19.4 Å². The first-order chi connectivity index (χ1) is 17.1. The molecule has 0 spiro atoms. The summed E-state index contributed by atoms with van der Waals surface area (Å²) in [5, 5.41) is 13.2. The molecule has 0 atom stereocenters. The Morgan fingerprint density at radius 2 is 1.89 bits per heavy atom. The molecule has 2 N–H and O–H groups in total. The van der Waals surface area contributed by atoms with E-state index in [1.807, 2.05) is 0 Å². The summed E-state index contributed by atoms with van der Waals surface area (Å²) >= 11 is 0. The van der Waals surface area contributed by atoms with E-state index in [-0.39, 0.29) is 18.5 Å². The molecule has 0 radical (unpaired) electrons. The number of benzene rings is 2. The van der Waals surface area contributed by atoms with Gasteiger partial charge in [-0.2, -0.15) is 0 Å². The van der Waals surface area contributed by atoms with Crippen LogP contribution in [0.4, 0.5) is 4.39 Å². The molecule has 2 aromatic carbocycles. The molecule has 0 amide bonds. The fraction of sp³-hybridized carbons (Fsp3) is 0.250. The molecule has 0 aliphatic rings. The Hall–Kier alpha value is -3.90. The molecule has 2 aromatic heterocycles. The molecule has 12 heteroatoms. The zero-order chi connectivity index (χ0) is 25.9. The Kier molecular flexibility index (Phi) is 7.27. The van der Waals surface area contributed by atoms with Crippen molar-refractivity contribution in [3.05, 3.63) is 76.3 Å². The number of rotatable bonds is 10. The SMILES string of the molecule is CS(=O)(=O)NCc1cc(-c2ccc3c(=O)n(-c4ccc(F)cc4)c(CCCCC(=O)O)nc3c2)no1. The van der Waals surface area contributed by atoms with E-state index in [4.69, 9.17) is 9.63 Å². The van der Waals surface area contributed by atoms with Gasteiger partial charge in [0, 0.05) is 24.5 Å². The molecule has 10 nitrogen and oxygen atoms in total. The van der Waals surface area contributed by atoms with Crippen LogP contribution < -0.4 is 10.3 Å². The third-order valence-corrected chi connectivity index (χ3v) is 6.10. The molecule has 0 unspecified atom stereocenters. The Morgan fingerprint density at radius 3 is 2.58 bits per heavy atom. The van der Waals surface area contributed by atoms with Gasteiger partial charge in [-0.15, -0.1) is 0 Å². The van der Waals surface area contributed by atoms with Crippen molar-refractivity contribution in [2.45, 2.75) is 32.2 Å². The number of hydrogen-bond acceptors (Lipinski definition) is 7. The summed E-state index contributed by atoms with van der Waals surface area (Å²) in [6, 6.07) is 12.0. The summed E-state index contributed by atoms with van der Waals surface area (Å²) in [7, 11) is -3.40. The van der Waals surface area contributed by atoms with Crippen molar-refractivity contribution >= 4 is 26.9 Å². The van der Waals surface area contributed by atoms with Crippen LogP contribution in [0.1, 0.15) is 30.8 Å². The van der Waals surface area contributed by atoms with Crippen LogP contribution >= 0.6 is 0 Å².